The lowest BCUT2D eigenvalue weighted by Gasteiger charge is -2.14. The zero-order valence-electron chi connectivity index (χ0n) is 15.4. The van der Waals surface area contributed by atoms with Gasteiger partial charge in [-0.15, -0.1) is 0 Å². The third kappa shape index (κ3) is 5.13. The Morgan fingerprint density at radius 3 is 2.28 bits per heavy atom. The molecule has 1 amide bonds. The van der Waals surface area contributed by atoms with Gasteiger partial charge in [0, 0.05) is 11.3 Å². The fourth-order valence-electron chi connectivity index (χ4n) is 2.65. The van der Waals surface area contributed by atoms with Crippen LogP contribution in [0.5, 0.6) is 0 Å². The topological polar surface area (TPSA) is 75.3 Å². The molecule has 0 aliphatic carbocycles. The molecule has 8 heteroatoms. The van der Waals surface area contributed by atoms with Crippen molar-refractivity contribution in [2.24, 2.45) is 0 Å². The summed E-state index contributed by atoms with van der Waals surface area (Å²) in [5, 5.41) is 2.60. The van der Waals surface area contributed by atoms with Crippen LogP contribution < -0.4 is 10.0 Å². The second-order valence-corrected chi connectivity index (χ2v) is 8.45. The van der Waals surface area contributed by atoms with Crippen LogP contribution in [0.1, 0.15) is 28.9 Å². The van der Waals surface area contributed by atoms with E-state index < -0.39 is 15.8 Å². The van der Waals surface area contributed by atoms with Crippen molar-refractivity contribution in [1.29, 1.82) is 0 Å². The Labute approximate surface area is 173 Å². The highest BCUT2D eigenvalue weighted by Gasteiger charge is 2.17. The largest absolute Gasteiger partial charge is 0.346 e. The van der Waals surface area contributed by atoms with E-state index in [-0.39, 0.29) is 27.6 Å². The molecule has 150 valence electrons. The summed E-state index contributed by atoms with van der Waals surface area (Å²) in [5.41, 5.74) is 1.63. The Balaban J connectivity index is 1.69. The number of carbonyl (C=O) groups excluding carboxylic acids is 1. The second kappa shape index (κ2) is 8.63. The standard InChI is InChI=1S/C21H18ClFN2O3S/c1-14(15-5-3-2-4-6-15)24-21(26)16-7-9-17(10-8-16)25-29(27,28)18-11-12-20(23)19(22)13-18/h2-14,25H,1H3,(H,24,26). The number of sulfonamides is 1. The van der Waals surface area contributed by atoms with Crippen LogP contribution in [0.2, 0.25) is 5.02 Å². The number of carbonyl (C=O) groups is 1. The van der Waals surface area contributed by atoms with Crippen molar-refractivity contribution >= 4 is 33.2 Å². The second-order valence-electron chi connectivity index (χ2n) is 6.36. The lowest BCUT2D eigenvalue weighted by molar-refractivity contribution is 0.0940. The van der Waals surface area contributed by atoms with Gasteiger partial charge in [0.15, 0.2) is 0 Å². The fourth-order valence-corrected chi connectivity index (χ4v) is 3.98. The summed E-state index contributed by atoms with van der Waals surface area (Å²) in [6.07, 6.45) is 0. The van der Waals surface area contributed by atoms with Crippen molar-refractivity contribution in [2.45, 2.75) is 17.9 Å². The number of hydrogen-bond acceptors (Lipinski definition) is 3. The molecule has 3 aromatic rings. The van der Waals surface area contributed by atoms with Crippen LogP contribution >= 0.6 is 11.6 Å². The van der Waals surface area contributed by atoms with Crippen LogP contribution in [-0.2, 0) is 10.0 Å². The molecule has 0 spiro atoms. The van der Waals surface area contributed by atoms with Crippen LogP contribution in [0.25, 0.3) is 0 Å². The van der Waals surface area contributed by atoms with E-state index in [1.165, 1.54) is 24.3 Å². The Hall–Kier alpha value is -2.90. The van der Waals surface area contributed by atoms with Crippen molar-refractivity contribution < 1.29 is 17.6 Å². The van der Waals surface area contributed by atoms with Crippen molar-refractivity contribution in [3.63, 3.8) is 0 Å². The SMILES string of the molecule is CC(NC(=O)c1ccc(NS(=O)(=O)c2ccc(F)c(Cl)c2)cc1)c1ccccc1. The average Bonchev–Trinajstić information content (AvgIpc) is 2.70. The first-order valence-electron chi connectivity index (χ1n) is 8.70. The predicted octanol–water partition coefficient (Wildman–Crippen LogP) is 4.77. The summed E-state index contributed by atoms with van der Waals surface area (Å²) >= 11 is 5.65. The molecular weight excluding hydrogens is 415 g/mol. The number of nitrogens with one attached hydrogen (secondary N) is 2. The molecule has 0 radical (unpaired) electrons. The van der Waals surface area contributed by atoms with Gasteiger partial charge in [0.2, 0.25) is 0 Å². The van der Waals surface area contributed by atoms with Gasteiger partial charge in [0.25, 0.3) is 15.9 Å². The number of hydrogen-bond donors (Lipinski definition) is 2. The monoisotopic (exact) mass is 432 g/mol. The number of amides is 1. The highest BCUT2D eigenvalue weighted by Crippen LogP contribution is 2.22. The third-order valence-electron chi connectivity index (χ3n) is 4.25. The van der Waals surface area contributed by atoms with Gasteiger partial charge < -0.3 is 5.32 Å². The van der Waals surface area contributed by atoms with E-state index in [0.717, 1.165) is 23.8 Å². The molecule has 0 aliphatic rings. The van der Waals surface area contributed by atoms with Gasteiger partial charge in [-0.05, 0) is 55.0 Å². The van der Waals surface area contributed by atoms with Crippen molar-refractivity contribution in [2.75, 3.05) is 4.72 Å². The Morgan fingerprint density at radius 1 is 1.00 bits per heavy atom. The van der Waals surface area contributed by atoms with Gasteiger partial charge in [-0.1, -0.05) is 41.9 Å². The molecule has 3 rings (SSSR count). The minimum atomic E-state index is -3.94. The molecule has 0 aliphatic heterocycles. The zero-order valence-corrected chi connectivity index (χ0v) is 17.0. The molecule has 0 fully saturated rings. The lowest BCUT2D eigenvalue weighted by atomic mass is 10.1. The van der Waals surface area contributed by atoms with Crippen molar-refractivity contribution in [3.05, 3.63) is 94.8 Å². The summed E-state index contributed by atoms with van der Waals surface area (Å²) in [7, 11) is -3.94. The van der Waals surface area contributed by atoms with Gasteiger partial charge >= 0.3 is 0 Å². The summed E-state index contributed by atoms with van der Waals surface area (Å²) in [4.78, 5) is 12.3. The molecule has 29 heavy (non-hydrogen) atoms. The van der Waals surface area contributed by atoms with Gasteiger partial charge in [0.05, 0.1) is 16.0 Å². The number of benzene rings is 3. The first-order valence-corrected chi connectivity index (χ1v) is 10.6. The van der Waals surface area contributed by atoms with Crippen molar-refractivity contribution in [1.82, 2.24) is 5.32 Å². The Kier molecular flexibility index (Phi) is 6.20. The molecule has 1 atom stereocenters. The Morgan fingerprint density at radius 2 is 1.66 bits per heavy atom. The summed E-state index contributed by atoms with van der Waals surface area (Å²) in [5.74, 6) is -0.980. The van der Waals surface area contributed by atoms with Crippen LogP contribution in [0.4, 0.5) is 10.1 Å². The van der Waals surface area contributed by atoms with Crippen LogP contribution in [0.3, 0.4) is 0 Å². The van der Waals surface area contributed by atoms with E-state index in [2.05, 4.69) is 10.0 Å². The van der Waals surface area contributed by atoms with E-state index in [0.29, 0.717) is 5.56 Å². The maximum absolute atomic E-state index is 13.2. The van der Waals surface area contributed by atoms with E-state index in [1.54, 1.807) is 0 Å². The van der Waals surface area contributed by atoms with Gasteiger partial charge in [-0.2, -0.15) is 0 Å². The number of halogens is 2. The molecule has 0 saturated heterocycles. The van der Waals surface area contributed by atoms with Crippen LogP contribution in [0.15, 0.2) is 77.7 Å². The molecule has 3 aromatic carbocycles. The molecule has 0 aromatic heterocycles. The average molecular weight is 433 g/mol. The minimum absolute atomic E-state index is 0.164. The maximum atomic E-state index is 13.2. The molecule has 0 heterocycles. The first-order chi connectivity index (χ1) is 13.8. The highest BCUT2D eigenvalue weighted by molar-refractivity contribution is 7.92. The van der Waals surface area contributed by atoms with Crippen LogP contribution in [-0.4, -0.2) is 14.3 Å². The molecule has 2 N–H and O–H groups in total. The Bertz CT molecular complexity index is 1120. The minimum Gasteiger partial charge on any atom is -0.346 e. The van der Waals surface area contributed by atoms with Gasteiger partial charge in [-0.3, -0.25) is 9.52 Å². The smallest absolute Gasteiger partial charge is 0.261 e. The van der Waals surface area contributed by atoms with Crippen LogP contribution in [0, 0.1) is 5.82 Å². The molecule has 5 nitrogen and oxygen atoms in total. The third-order valence-corrected chi connectivity index (χ3v) is 5.92. The maximum Gasteiger partial charge on any atom is 0.261 e. The van der Waals surface area contributed by atoms with E-state index >= 15 is 0 Å². The lowest BCUT2D eigenvalue weighted by Crippen LogP contribution is -2.26. The predicted molar refractivity (Wildman–Crippen MR) is 111 cm³/mol. The van der Waals surface area contributed by atoms with E-state index in [9.17, 15) is 17.6 Å². The van der Waals surface area contributed by atoms with E-state index in [4.69, 9.17) is 11.6 Å². The zero-order chi connectivity index (χ0) is 21.0. The normalized spacial score (nSPS) is 12.2. The molecular formula is C21H18ClFN2O3S. The molecule has 0 saturated carbocycles. The van der Waals surface area contributed by atoms with E-state index in [1.807, 2.05) is 37.3 Å². The highest BCUT2D eigenvalue weighted by atomic mass is 35.5. The molecule has 1 unspecified atom stereocenters. The summed E-state index contributed by atoms with van der Waals surface area (Å²) in [6, 6.07) is 18.5. The summed E-state index contributed by atoms with van der Waals surface area (Å²) < 4.78 is 40.5. The summed E-state index contributed by atoms with van der Waals surface area (Å²) in [6.45, 7) is 1.88. The number of anilines is 1. The molecule has 0 bridgehead atoms. The fraction of sp³-hybridized carbons (Fsp3) is 0.0952. The quantitative estimate of drug-likeness (QED) is 0.589. The van der Waals surface area contributed by atoms with Gasteiger partial charge in [0.1, 0.15) is 5.82 Å². The first kappa shape index (κ1) is 20.8. The number of rotatable bonds is 6. The van der Waals surface area contributed by atoms with Crippen molar-refractivity contribution in [3.8, 4) is 0 Å². The van der Waals surface area contributed by atoms with Gasteiger partial charge in [-0.25, -0.2) is 12.8 Å².